The third-order valence-electron chi connectivity index (χ3n) is 2.77. The van der Waals surface area contributed by atoms with Gasteiger partial charge < -0.3 is 15.2 Å². The van der Waals surface area contributed by atoms with Gasteiger partial charge in [-0.3, -0.25) is 0 Å². The molecule has 2 aromatic carbocycles. The van der Waals surface area contributed by atoms with Gasteiger partial charge in [0.1, 0.15) is 18.2 Å². The molecule has 0 saturated carbocycles. The number of nitrogen functional groups attached to an aromatic ring is 1. The number of nitrogens with two attached hydrogens (primary N) is 1. The highest BCUT2D eigenvalue weighted by molar-refractivity contribution is 6.30. The van der Waals surface area contributed by atoms with Crippen molar-refractivity contribution in [3.8, 4) is 5.75 Å². The lowest BCUT2D eigenvalue weighted by atomic mass is 10.2. The van der Waals surface area contributed by atoms with Gasteiger partial charge in [-0.15, -0.1) is 0 Å². The molecule has 0 saturated heterocycles. The Hall–Kier alpha value is -2.27. The van der Waals surface area contributed by atoms with E-state index in [0.717, 1.165) is 0 Å². The van der Waals surface area contributed by atoms with Crippen LogP contribution in [-0.4, -0.2) is 13.1 Å². The molecule has 0 radical (unpaired) electrons. The van der Waals surface area contributed by atoms with Crippen molar-refractivity contribution in [2.75, 3.05) is 12.8 Å². The van der Waals surface area contributed by atoms with Crippen LogP contribution < -0.4 is 10.5 Å². The molecule has 2 rings (SSSR count). The van der Waals surface area contributed by atoms with Gasteiger partial charge in [0.05, 0.1) is 12.7 Å². The quantitative estimate of drug-likeness (QED) is 0.694. The third kappa shape index (κ3) is 3.86. The first-order chi connectivity index (χ1) is 9.99. The SMILES string of the molecule is COc1cc(N)cc(C(=O)OCc2cc(Cl)ccc2F)c1. The lowest BCUT2D eigenvalue weighted by molar-refractivity contribution is 0.0468. The summed E-state index contributed by atoms with van der Waals surface area (Å²) in [7, 11) is 1.46. The predicted octanol–water partition coefficient (Wildman–Crippen LogP) is 3.43. The number of anilines is 1. The predicted molar refractivity (Wildman–Crippen MR) is 77.9 cm³/mol. The molecule has 0 heterocycles. The number of carbonyl (C=O) groups is 1. The molecule has 21 heavy (non-hydrogen) atoms. The molecule has 6 heteroatoms. The van der Waals surface area contributed by atoms with Gasteiger partial charge in [0.25, 0.3) is 0 Å². The number of halogens is 2. The van der Waals surface area contributed by atoms with Gasteiger partial charge in [0.15, 0.2) is 0 Å². The summed E-state index contributed by atoms with van der Waals surface area (Å²) in [5, 5.41) is 0.369. The minimum atomic E-state index is -0.625. The van der Waals surface area contributed by atoms with E-state index in [4.69, 9.17) is 26.8 Å². The number of hydrogen-bond donors (Lipinski definition) is 1. The van der Waals surface area contributed by atoms with Crippen LogP contribution >= 0.6 is 11.6 Å². The topological polar surface area (TPSA) is 61.5 Å². The number of esters is 1. The van der Waals surface area contributed by atoms with Gasteiger partial charge in [0.2, 0.25) is 0 Å². The Balaban J connectivity index is 2.11. The van der Waals surface area contributed by atoms with Crippen molar-refractivity contribution in [3.05, 3.63) is 58.4 Å². The van der Waals surface area contributed by atoms with Crippen LogP contribution in [0.15, 0.2) is 36.4 Å². The van der Waals surface area contributed by atoms with Crippen molar-refractivity contribution in [3.63, 3.8) is 0 Å². The Kier molecular flexibility index (Phi) is 4.65. The molecule has 2 N–H and O–H groups in total. The van der Waals surface area contributed by atoms with Crippen molar-refractivity contribution >= 4 is 23.3 Å². The molecular weight excluding hydrogens is 297 g/mol. The first-order valence-corrected chi connectivity index (χ1v) is 6.43. The second-order valence-corrected chi connectivity index (χ2v) is 4.74. The first kappa shape index (κ1) is 15.1. The summed E-state index contributed by atoms with van der Waals surface area (Å²) in [6.07, 6.45) is 0. The van der Waals surface area contributed by atoms with Crippen LogP contribution in [0.2, 0.25) is 5.02 Å². The lowest BCUT2D eigenvalue weighted by Crippen LogP contribution is -2.07. The van der Waals surface area contributed by atoms with Crippen LogP contribution in [0.3, 0.4) is 0 Å². The molecule has 0 amide bonds. The molecule has 0 aromatic heterocycles. The fourth-order valence-electron chi connectivity index (χ4n) is 1.74. The second-order valence-electron chi connectivity index (χ2n) is 4.31. The number of rotatable bonds is 4. The van der Waals surface area contributed by atoms with E-state index in [1.54, 1.807) is 6.07 Å². The highest BCUT2D eigenvalue weighted by atomic mass is 35.5. The number of benzene rings is 2. The van der Waals surface area contributed by atoms with E-state index in [9.17, 15) is 9.18 Å². The van der Waals surface area contributed by atoms with Gasteiger partial charge >= 0.3 is 5.97 Å². The number of methoxy groups -OCH3 is 1. The molecule has 110 valence electrons. The molecule has 0 unspecified atom stereocenters. The Morgan fingerprint density at radius 1 is 1.29 bits per heavy atom. The highest BCUT2D eigenvalue weighted by Crippen LogP contribution is 2.20. The average Bonchev–Trinajstić information content (AvgIpc) is 2.47. The maximum Gasteiger partial charge on any atom is 0.338 e. The molecule has 0 aliphatic rings. The molecule has 0 aliphatic heterocycles. The fourth-order valence-corrected chi connectivity index (χ4v) is 1.93. The molecule has 0 bridgehead atoms. The summed E-state index contributed by atoms with van der Waals surface area (Å²) in [5.74, 6) is -0.673. The van der Waals surface area contributed by atoms with Crippen LogP contribution in [0.5, 0.6) is 5.75 Å². The van der Waals surface area contributed by atoms with Gasteiger partial charge in [-0.05, 0) is 30.3 Å². The van der Waals surface area contributed by atoms with Crippen molar-refractivity contribution < 1.29 is 18.7 Å². The van der Waals surface area contributed by atoms with E-state index in [2.05, 4.69) is 0 Å². The largest absolute Gasteiger partial charge is 0.497 e. The zero-order valence-corrected chi connectivity index (χ0v) is 12.0. The normalized spacial score (nSPS) is 10.2. The lowest BCUT2D eigenvalue weighted by Gasteiger charge is -2.08. The van der Waals surface area contributed by atoms with Crippen molar-refractivity contribution in [2.45, 2.75) is 6.61 Å². The first-order valence-electron chi connectivity index (χ1n) is 6.05. The monoisotopic (exact) mass is 309 g/mol. The van der Waals surface area contributed by atoms with Gasteiger partial charge in [-0.25, -0.2) is 9.18 Å². The van der Waals surface area contributed by atoms with Gasteiger partial charge in [-0.1, -0.05) is 11.6 Å². The maximum atomic E-state index is 13.5. The smallest absolute Gasteiger partial charge is 0.338 e. The Morgan fingerprint density at radius 3 is 2.76 bits per heavy atom. The van der Waals surface area contributed by atoms with Crippen LogP contribution in [0, 0.1) is 5.82 Å². The number of carbonyl (C=O) groups excluding carboxylic acids is 1. The van der Waals surface area contributed by atoms with E-state index in [1.807, 2.05) is 0 Å². The molecule has 0 fully saturated rings. The fraction of sp³-hybridized carbons (Fsp3) is 0.133. The van der Waals surface area contributed by atoms with Crippen LogP contribution in [0.25, 0.3) is 0 Å². The molecule has 2 aromatic rings. The Bertz CT molecular complexity index is 676. The van der Waals surface area contributed by atoms with E-state index in [1.165, 1.54) is 37.4 Å². The summed E-state index contributed by atoms with van der Waals surface area (Å²) in [4.78, 5) is 11.9. The summed E-state index contributed by atoms with van der Waals surface area (Å²) < 4.78 is 23.6. The van der Waals surface area contributed by atoms with Crippen molar-refractivity contribution in [2.24, 2.45) is 0 Å². The number of hydrogen-bond acceptors (Lipinski definition) is 4. The van der Waals surface area contributed by atoms with Crippen LogP contribution in [0.1, 0.15) is 15.9 Å². The summed E-state index contributed by atoms with van der Waals surface area (Å²) in [5.41, 5.74) is 6.46. The summed E-state index contributed by atoms with van der Waals surface area (Å²) in [6, 6.07) is 8.57. The minimum absolute atomic E-state index is 0.201. The van der Waals surface area contributed by atoms with E-state index in [0.29, 0.717) is 16.5 Å². The van der Waals surface area contributed by atoms with Crippen molar-refractivity contribution in [1.82, 2.24) is 0 Å². The average molecular weight is 310 g/mol. The van der Waals surface area contributed by atoms with Gasteiger partial charge in [0, 0.05) is 22.3 Å². The number of ether oxygens (including phenoxy) is 2. The van der Waals surface area contributed by atoms with E-state index >= 15 is 0 Å². The van der Waals surface area contributed by atoms with E-state index < -0.39 is 11.8 Å². The Labute approximate surface area is 126 Å². The summed E-state index contributed by atoms with van der Waals surface area (Å²) in [6.45, 7) is -0.220. The van der Waals surface area contributed by atoms with Crippen LogP contribution in [0.4, 0.5) is 10.1 Å². The van der Waals surface area contributed by atoms with E-state index in [-0.39, 0.29) is 17.7 Å². The molecule has 0 aliphatic carbocycles. The van der Waals surface area contributed by atoms with Gasteiger partial charge in [-0.2, -0.15) is 0 Å². The third-order valence-corrected chi connectivity index (χ3v) is 3.00. The minimum Gasteiger partial charge on any atom is -0.497 e. The summed E-state index contributed by atoms with van der Waals surface area (Å²) >= 11 is 5.77. The zero-order chi connectivity index (χ0) is 15.4. The van der Waals surface area contributed by atoms with Crippen molar-refractivity contribution in [1.29, 1.82) is 0 Å². The zero-order valence-electron chi connectivity index (χ0n) is 11.2. The highest BCUT2D eigenvalue weighted by Gasteiger charge is 2.12. The molecular formula is C15H13ClFNO3. The molecule has 0 spiro atoms. The maximum absolute atomic E-state index is 13.5. The Morgan fingerprint density at radius 2 is 2.05 bits per heavy atom. The molecule has 0 atom stereocenters. The molecule has 4 nitrogen and oxygen atoms in total. The standard InChI is InChI=1S/C15H13ClFNO3/c1-20-13-6-9(5-12(18)7-13)15(19)21-8-10-4-11(16)2-3-14(10)17/h2-7H,8,18H2,1H3. The second kappa shape index (κ2) is 6.45. The van der Waals surface area contributed by atoms with Crippen LogP contribution in [-0.2, 0) is 11.3 Å².